The molecular formula is C4H8Cl2O2P+. The van der Waals surface area contributed by atoms with Crippen LogP contribution in [-0.2, 0) is 9.09 Å². The summed E-state index contributed by atoms with van der Waals surface area (Å²) in [6.45, 7) is 1.92. The van der Waals surface area contributed by atoms with Crippen molar-refractivity contribution in [3.05, 3.63) is 0 Å². The molecule has 0 radical (unpaired) electrons. The molecule has 0 aliphatic heterocycles. The maximum Gasteiger partial charge on any atom is 0.527 e. The first-order valence-electron chi connectivity index (χ1n) is 2.47. The average Bonchev–Trinajstić information content (AvgIpc) is 1.82. The predicted molar refractivity (Wildman–Crippen MR) is 39.6 cm³/mol. The topological polar surface area (TPSA) is 26.3 Å². The highest BCUT2D eigenvalue weighted by molar-refractivity contribution is 7.42. The molecule has 0 spiro atoms. The molecular weight excluding hydrogens is 182 g/mol. The van der Waals surface area contributed by atoms with Gasteiger partial charge in [-0.05, 0) is 11.5 Å². The number of hydrogen-bond acceptors (Lipinski definition) is 2. The van der Waals surface area contributed by atoms with Gasteiger partial charge in [-0.15, -0.1) is 16.1 Å². The van der Waals surface area contributed by atoms with Crippen LogP contribution in [0.2, 0.25) is 0 Å². The monoisotopic (exact) mass is 189 g/mol. The summed E-state index contributed by atoms with van der Waals surface area (Å²) in [4.78, 5) is 0. The quantitative estimate of drug-likeness (QED) is 0.502. The predicted octanol–water partition coefficient (Wildman–Crippen LogP) is 2.57. The number of alkyl halides is 2. The highest BCUT2D eigenvalue weighted by Crippen LogP contribution is 2.31. The summed E-state index contributed by atoms with van der Waals surface area (Å²) in [6, 6.07) is 0. The van der Waals surface area contributed by atoms with Crippen molar-refractivity contribution in [1.82, 2.24) is 0 Å². The maximum absolute atomic E-state index is 10.6. The summed E-state index contributed by atoms with van der Waals surface area (Å²) in [5.74, 6) is 0.352. The van der Waals surface area contributed by atoms with Crippen molar-refractivity contribution in [2.45, 2.75) is 12.0 Å². The van der Waals surface area contributed by atoms with Crippen molar-refractivity contribution in [2.24, 2.45) is 0 Å². The summed E-state index contributed by atoms with van der Waals surface area (Å²) in [6.07, 6.45) is 0. The molecule has 54 valence electrons. The largest absolute Gasteiger partial charge is 0.527 e. The zero-order valence-corrected chi connectivity index (χ0v) is 7.42. The first-order valence-corrected chi connectivity index (χ1v) is 4.69. The molecule has 0 amide bonds. The van der Waals surface area contributed by atoms with Crippen LogP contribution in [-0.4, -0.2) is 17.6 Å². The van der Waals surface area contributed by atoms with Gasteiger partial charge in [0.05, 0.1) is 5.88 Å². The lowest BCUT2D eigenvalue weighted by molar-refractivity contribution is 0.352. The van der Waals surface area contributed by atoms with Crippen LogP contribution in [0, 0.1) is 0 Å². The summed E-state index contributed by atoms with van der Waals surface area (Å²) >= 11 is 10.7. The molecule has 0 bridgehead atoms. The van der Waals surface area contributed by atoms with Gasteiger partial charge in [0.25, 0.3) is 5.12 Å². The lowest BCUT2D eigenvalue weighted by atomic mass is 10.9. The van der Waals surface area contributed by atoms with Crippen LogP contribution in [0.5, 0.6) is 0 Å². The lowest BCUT2D eigenvalue weighted by Crippen LogP contribution is -1.91. The van der Waals surface area contributed by atoms with E-state index in [9.17, 15) is 4.57 Å². The van der Waals surface area contributed by atoms with Crippen molar-refractivity contribution < 1.29 is 9.09 Å². The second-order valence-electron chi connectivity index (χ2n) is 1.38. The molecule has 0 aliphatic carbocycles. The van der Waals surface area contributed by atoms with E-state index in [1.807, 2.05) is 0 Å². The molecule has 0 aliphatic rings. The highest BCUT2D eigenvalue weighted by Gasteiger charge is 2.24. The van der Waals surface area contributed by atoms with E-state index in [0.29, 0.717) is 12.5 Å². The Hall–Kier alpha value is 0.640. The normalized spacial score (nSPS) is 15.2. The van der Waals surface area contributed by atoms with Gasteiger partial charge in [-0.2, -0.15) is 0 Å². The fourth-order valence-corrected chi connectivity index (χ4v) is 1.06. The molecule has 0 fully saturated rings. The number of rotatable bonds is 4. The Morgan fingerprint density at radius 3 is 2.67 bits per heavy atom. The Bertz CT molecular complexity index is 96.6. The van der Waals surface area contributed by atoms with Gasteiger partial charge in [-0.1, -0.05) is 11.6 Å². The molecule has 5 heteroatoms. The van der Waals surface area contributed by atoms with Crippen molar-refractivity contribution in [3.8, 4) is 0 Å². The summed E-state index contributed by atoms with van der Waals surface area (Å²) in [5, 5.41) is -0.428. The van der Waals surface area contributed by atoms with Crippen LogP contribution in [0.25, 0.3) is 0 Å². The van der Waals surface area contributed by atoms with Gasteiger partial charge in [0, 0.05) is 0 Å². The molecule has 0 aromatic rings. The fourth-order valence-electron chi connectivity index (χ4n) is 0.227. The molecule has 0 saturated heterocycles. The summed E-state index contributed by atoms with van der Waals surface area (Å²) < 4.78 is 15.3. The van der Waals surface area contributed by atoms with Gasteiger partial charge in [-0.25, -0.2) is 0 Å². The van der Waals surface area contributed by atoms with Gasteiger partial charge >= 0.3 is 8.03 Å². The van der Waals surface area contributed by atoms with Crippen LogP contribution in [0.4, 0.5) is 0 Å². The molecule has 0 rings (SSSR count). The van der Waals surface area contributed by atoms with Crippen LogP contribution in [0.1, 0.15) is 6.92 Å². The van der Waals surface area contributed by atoms with Crippen LogP contribution in [0.15, 0.2) is 0 Å². The smallest absolute Gasteiger partial charge is 0.144 e. The minimum Gasteiger partial charge on any atom is -0.144 e. The molecule has 0 heterocycles. The van der Waals surface area contributed by atoms with Crippen molar-refractivity contribution >= 4 is 31.2 Å². The number of halogens is 2. The molecule has 9 heavy (non-hydrogen) atoms. The Morgan fingerprint density at radius 1 is 1.78 bits per heavy atom. The maximum atomic E-state index is 10.6. The Balaban J connectivity index is 3.28. The summed E-state index contributed by atoms with van der Waals surface area (Å²) in [7, 11) is -1.71. The van der Waals surface area contributed by atoms with E-state index in [-0.39, 0.29) is 0 Å². The van der Waals surface area contributed by atoms with E-state index in [4.69, 9.17) is 27.7 Å². The molecule has 2 atom stereocenters. The lowest BCUT2D eigenvalue weighted by Gasteiger charge is -1.85. The van der Waals surface area contributed by atoms with E-state index in [2.05, 4.69) is 0 Å². The van der Waals surface area contributed by atoms with Crippen molar-refractivity contribution in [3.63, 3.8) is 0 Å². The average molecular weight is 190 g/mol. The fraction of sp³-hybridized carbons (Fsp3) is 1.00. The third-order valence-electron chi connectivity index (χ3n) is 0.586. The van der Waals surface area contributed by atoms with E-state index in [1.165, 1.54) is 0 Å². The van der Waals surface area contributed by atoms with Crippen LogP contribution >= 0.6 is 31.2 Å². The van der Waals surface area contributed by atoms with Gasteiger partial charge < -0.3 is 0 Å². The number of hydrogen-bond donors (Lipinski definition) is 0. The zero-order valence-electron chi connectivity index (χ0n) is 5.01. The molecule has 0 aromatic heterocycles. The standard InChI is InChI=1S/C4H8Cl2O2P/c1-4(6)9(7)8-3-2-5/h4H,2-3H2,1H3/q+1. The highest BCUT2D eigenvalue weighted by atomic mass is 35.5. The third kappa shape index (κ3) is 5.10. The third-order valence-corrected chi connectivity index (χ3v) is 2.24. The zero-order chi connectivity index (χ0) is 7.28. The van der Waals surface area contributed by atoms with Gasteiger partial charge in [0.15, 0.2) is 0 Å². The van der Waals surface area contributed by atoms with Crippen LogP contribution in [0.3, 0.4) is 0 Å². The van der Waals surface area contributed by atoms with Crippen LogP contribution < -0.4 is 0 Å². The molecule has 0 aromatic carbocycles. The van der Waals surface area contributed by atoms with Gasteiger partial charge in [0.1, 0.15) is 6.61 Å². The Morgan fingerprint density at radius 2 is 2.33 bits per heavy atom. The Labute approximate surface area is 65.3 Å². The first kappa shape index (κ1) is 9.64. The minimum atomic E-state index is -1.71. The van der Waals surface area contributed by atoms with Crippen molar-refractivity contribution in [2.75, 3.05) is 12.5 Å². The Kier molecular flexibility index (Phi) is 5.81. The van der Waals surface area contributed by atoms with Gasteiger partial charge in [-0.3, -0.25) is 0 Å². The molecule has 0 N–H and O–H groups in total. The minimum absolute atomic E-state index is 0.299. The second-order valence-corrected chi connectivity index (χ2v) is 4.32. The molecule has 2 unspecified atom stereocenters. The SMILES string of the molecule is CC(Cl)[P+](=O)OCCCl. The molecule has 0 saturated carbocycles. The van der Waals surface area contributed by atoms with E-state index < -0.39 is 13.1 Å². The molecule has 2 nitrogen and oxygen atoms in total. The van der Waals surface area contributed by atoms with Crippen molar-refractivity contribution in [1.29, 1.82) is 0 Å². The van der Waals surface area contributed by atoms with E-state index >= 15 is 0 Å². The van der Waals surface area contributed by atoms with E-state index in [0.717, 1.165) is 0 Å². The van der Waals surface area contributed by atoms with E-state index in [1.54, 1.807) is 6.92 Å². The second kappa shape index (κ2) is 5.43. The first-order chi connectivity index (χ1) is 4.18. The van der Waals surface area contributed by atoms with Gasteiger partial charge in [0.2, 0.25) is 0 Å². The summed E-state index contributed by atoms with van der Waals surface area (Å²) in [5.41, 5.74) is 0.